The summed E-state index contributed by atoms with van der Waals surface area (Å²) in [7, 11) is 0. The van der Waals surface area contributed by atoms with Crippen molar-refractivity contribution in [2.75, 3.05) is 0 Å². The minimum absolute atomic E-state index is 0.0390. The molecule has 0 saturated carbocycles. The Hall–Kier alpha value is -3.62. The number of carbonyl (C=O) groups excluding carboxylic acids is 1. The van der Waals surface area contributed by atoms with Crippen molar-refractivity contribution >= 4 is 22.6 Å². The van der Waals surface area contributed by atoms with Gasteiger partial charge in [-0.2, -0.15) is 10.1 Å². The first kappa shape index (κ1) is 17.8. The van der Waals surface area contributed by atoms with E-state index in [1.165, 1.54) is 6.33 Å². The molecule has 0 aliphatic rings. The van der Waals surface area contributed by atoms with Gasteiger partial charge in [0.05, 0.1) is 17.3 Å². The molecule has 3 aromatic heterocycles. The SMILES string of the molecule is Cc1nc2ncnn2c(C)c1CC(=O)OCc1nc2c(C)cccc2c(=O)[nH]1. The molecule has 3 heterocycles. The topological polar surface area (TPSA) is 115 Å². The molecule has 0 fully saturated rings. The van der Waals surface area contributed by atoms with E-state index in [-0.39, 0.29) is 18.6 Å². The van der Waals surface area contributed by atoms with E-state index in [0.717, 1.165) is 16.8 Å². The van der Waals surface area contributed by atoms with Crippen LogP contribution in [0.4, 0.5) is 0 Å². The Morgan fingerprint density at radius 3 is 2.86 bits per heavy atom. The number of carbonyl (C=O) groups is 1. The summed E-state index contributed by atoms with van der Waals surface area (Å²) < 4.78 is 6.92. The Morgan fingerprint density at radius 2 is 2.04 bits per heavy atom. The summed E-state index contributed by atoms with van der Waals surface area (Å²) in [5.74, 6) is 0.346. The molecule has 0 aliphatic heterocycles. The second-order valence-corrected chi connectivity index (χ2v) is 6.55. The normalized spacial score (nSPS) is 11.2. The lowest BCUT2D eigenvalue weighted by atomic mass is 10.1. The van der Waals surface area contributed by atoms with Crippen LogP contribution in [0.3, 0.4) is 0 Å². The molecule has 0 saturated heterocycles. The lowest BCUT2D eigenvalue weighted by Crippen LogP contribution is -2.17. The predicted octanol–water partition coefficient (Wildman–Crippen LogP) is 1.57. The van der Waals surface area contributed by atoms with Crippen molar-refractivity contribution in [3.05, 3.63) is 63.2 Å². The van der Waals surface area contributed by atoms with Gasteiger partial charge in [-0.05, 0) is 32.4 Å². The van der Waals surface area contributed by atoms with Gasteiger partial charge >= 0.3 is 5.97 Å². The third-order valence-corrected chi connectivity index (χ3v) is 4.67. The van der Waals surface area contributed by atoms with Crippen LogP contribution in [0.1, 0.15) is 28.3 Å². The van der Waals surface area contributed by atoms with Crippen LogP contribution < -0.4 is 5.56 Å². The minimum atomic E-state index is -0.444. The van der Waals surface area contributed by atoms with Gasteiger partial charge < -0.3 is 9.72 Å². The maximum atomic E-state index is 12.4. The number of benzene rings is 1. The fourth-order valence-electron chi connectivity index (χ4n) is 3.18. The molecular weight excluding hydrogens is 360 g/mol. The standard InChI is InChI=1S/C19H18N6O3/c1-10-5-4-6-13-17(10)23-15(24-18(13)27)8-28-16(26)7-14-11(2)22-19-20-9-21-25(19)12(14)3/h4-6,9H,7-8H2,1-3H3,(H,23,24,27). The van der Waals surface area contributed by atoms with Gasteiger partial charge in [0, 0.05) is 17.0 Å². The summed E-state index contributed by atoms with van der Waals surface area (Å²) in [6.45, 7) is 5.43. The number of aryl methyl sites for hydroxylation is 3. The van der Waals surface area contributed by atoms with E-state index in [0.29, 0.717) is 28.2 Å². The Balaban J connectivity index is 1.53. The van der Waals surface area contributed by atoms with E-state index < -0.39 is 5.97 Å². The van der Waals surface area contributed by atoms with E-state index in [4.69, 9.17) is 4.74 Å². The number of esters is 1. The molecule has 28 heavy (non-hydrogen) atoms. The van der Waals surface area contributed by atoms with E-state index in [2.05, 4.69) is 25.0 Å². The molecular formula is C19H18N6O3. The highest BCUT2D eigenvalue weighted by atomic mass is 16.5. The number of fused-ring (bicyclic) bond motifs is 2. The number of nitrogens with one attached hydrogen (secondary N) is 1. The highest BCUT2D eigenvalue weighted by Gasteiger charge is 2.16. The van der Waals surface area contributed by atoms with Gasteiger partial charge in [0.2, 0.25) is 0 Å². The molecule has 4 aromatic rings. The van der Waals surface area contributed by atoms with Crippen molar-refractivity contribution in [2.24, 2.45) is 0 Å². The largest absolute Gasteiger partial charge is 0.457 e. The average molecular weight is 378 g/mol. The number of rotatable bonds is 4. The van der Waals surface area contributed by atoms with Gasteiger partial charge in [0.25, 0.3) is 11.3 Å². The van der Waals surface area contributed by atoms with Crippen molar-refractivity contribution in [2.45, 2.75) is 33.8 Å². The number of aromatic amines is 1. The van der Waals surface area contributed by atoms with Crippen LogP contribution in [-0.2, 0) is 22.6 Å². The van der Waals surface area contributed by atoms with E-state index in [1.54, 1.807) is 16.6 Å². The number of nitrogens with zero attached hydrogens (tertiary/aromatic N) is 5. The van der Waals surface area contributed by atoms with Gasteiger partial charge in [-0.1, -0.05) is 12.1 Å². The molecule has 4 rings (SSSR count). The molecule has 9 heteroatoms. The Labute approximate surface area is 159 Å². The molecule has 0 radical (unpaired) electrons. The van der Waals surface area contributed by atoms with Crippen LogP contribution >= 0.6 is 0 Å². The molecule has 0 aliphatic carbocycles. The molecule has 9 nitrogen and oxygen atoms in total. The zero-order chi connectivity index (χ0) is 19.8. The van der Waals surface area contributed by atoms with Gasteiger partial charge in [-0.25, -0.2) is 14.5 Å². The van der Waals surface area contributed by atoms with Crippen molar-refractivity contribution in [1.82, 2.24) is 29.5 Å². The predicted molar refractivity (Wildman–Crippen MR) is 101 cm³/mol. The van der Waals surface area contributed by atoms with Gasteiger partial charge in [-0.15, -0.1) is 0 Å². The minimum Gasteiger partial charge on any atom is -0.457 e. The van der Waals surface area contributed by atoms with Crippen molar-refractivity contribution in [1.29, 1.82) is 0 Å². The number of H-pyrrole nitrogens is 1. The Morgan fingerprint density at radius 1 is 1.21 bits per heavy atom. The zero-order valence-corrected chi connectivity index (χ0v) is 15.7. The second kappa shape index (κ2) is 6.84. The van der Waals surface area contributed by atoms with Gasteiger partial charge in [0.1, 0.15) is 18.8 Å². The molecule has 0 unspecified atom stereocenters. The van der Waals surface area contributed by atoms with E-state index in [1.807, 2.05) is 26.8 Å². The quantitative estimate of drug-likeness (QED) is 0.536. The number of aromatic nitrogens is 6. The molecule has 1 aromatic carbocycles. The smallest absolute Gasteiger partial charge is 0.310 e. The molecule has 0 bridgehead atoms. The fraction of sp³-hybridized carbons (Fsp3) is 0.263. The highest BCUT2D eigenvalue weighted by molar-refractivity contribution is 5.80. The van der Waals surface area contributed by atoms with Gasteiger partial charge in [-0.3, -0.25) is 9.59 Å². The summed E-state index contributed by atoms with van der Waals surface area (Å²) in [4.78, 5) is 40.1. The summed E-state index contributed by atoms with van der Waals surface area (Å²) >= 11 is 0. The first-order valence-corrected chi connectivity index (χ1v) is 8.74. The van der Waals surface area contributed by atoms with Crippen molar-refractivity contribution in [3.63, 3.8) is 0 Å². The van der Waals surface area contributed by atoms with Crippen LogP contribution in [-0.4, -0.2) is 35.5 Å². The molecule has 0 spiro atoms. The van der Waals surface area contributed by atoms with Crippen LogP contribution in [0, 0.1) is 20.8 Å². The zero-order valence-electron chi connectivity index (χ0n) is 15.7. The monoisotopic (exact) mass is 378 g/mol. The van der Waals surface area contributed by atoms with Crippen LogP contribution in [0.15, 0.2) is 29.3 Å². The third kappa shape index (κ3) is 3.11. The molecule has 0 amide bonds. The third-order valence-electron chi connectivity index (χ3n) is 4.67. The lowest BCUT2D eigenvalue weighted by molar-refractivity contribution is -0.144. The lowest BCUT2D eigenvalue weighted by Gasteiger charge is -2.10. The highest BCUT2D eigenvalue weighted by Crippen LogP contribution is 2.15. The van der Waals surface area contributed by atoms with Crippen molar-refractivity contribution < 1.29 is 9.53 Å². The number of para-hydroxylation sites is 1. The van der Waals surface area contributed by atoms with E-state index in [9.17, 15) is 9.59 Å². The van der Waals surface area contributed by atoms with Crippen molar-refractivity contribution in [3.8, 4) is 0 Å². The first-order valence-electron chi connectivity index (χ1n) is 8.74. The summed E-state index contributed by atoms with van der Waals surface area (Å²) in [6, 6.07) is 5.39. The van der Waals surface area contributed by atoms with Gasteiger partial charge in [0.15, 0.2) is 0 Å². The Bertz CT molecular complexity index is 1270. The van der Waals surface area contributed by atoms with Crippen LogP contribution in [0.5, 0.6) is 0 Å². The van der Waals surface area contributed by atoms with Crippen LogP contribution in [0.25, 0.3) is 16.7 Å². The average Bonchev–Trinajstić information content (AvgIpc) is 3.13. The maximum absolute atomic E-state index is 12.4. The number of hydrogen-bond donors (Lipinski definition) is 1. The second-order valence-electron chi connectivity index (χ2n) is 6.55. The summed E-state index contributed by atoms with van der Waals surface area (Å²) in [6.07, 6.45) is 1.46. The molecule has 142 valence electrons. The molecule has 0 atom stereocenters. The number of hydrogen-bond acceptors (Lipinski definition) is 7. The summed E-state index contributed by atoms with van der Waals surface area (Å²) in [5, 5.41) is 4.62. The Kier molecular flexibility index (Phi) is 4.34. The fourth-order valence-corrected chi connectivity index (χ4v) is 3.18. The van der Waals surface area contributed by atoms with Crippen LogP contribution in [0.2, 0.25) is 0 Å². The first-order chi connectivity index (χ1) is 13.4. The maximum Gasteiger partial charge on any atom is 0.310 e. The van der Waals surface area contributed by atoms with E-state index >= 15 is 0 Å². The summed E-state index contributed by atoms with van der Waals surface area (Å²) in [5.41, 5.74) is 3.44. The molecule has 1 N–H and O–H groups in total. The number of ether oxygens (including phenoxy) is 1.